The fourth-order valence-corrected chi connectivity index (χ4v) is 2.86. The van der Waals surface area contributed by atoms with Gasteiger partial charge in [-0.05, 0) is 37.3 Å². The smallest absolute Gasteiger partial charge is 0.325 e. The molecule has 6 N–H and O–H groups in total. The minimum atomic E-state index is -1.18. The second kappa shape index (κ2) is 12.8. The van der Waals surface area contributed by atoms with E-state index in [0.717, 1.165) is 5.56 Å². The third-order valence-corrected chi connectivity index (χ3v) is 4.69. The van der Waals surface area contributed by atoms with Gasteiger partial charge < -0.3 is 26.8 Å². The van der Waals surface area contributed by atoms with Crippen LogP contribution in [0.4, 0.5) is 0 Å². The highest BCUT2D eigenvalue weighted by molar-refractivity contribution is 7.98. The topological polar surface area (TPSA) is 151 Å². The third-order valence-electron chi connectivity index (χ3n) is 4.05. The average Bonchev–Trinajstić information content (AvgIpc) is 2.69. The van der Waals surface area contributed by atoms with E-state index in [1.807, 2.05) is 36.6 Å². The first-order valence-corrected chi connectivity index (χ1v) is 10.5. The van der Waals surface area contributed by atoms with E-state index in [9.17, 15) is 19.2 Å². The molecule has 0 aromatic heterocycles. The van der Waals surface area contributed by atoms with Gasteiger partial charge in [-0.1, -0.05) is 30.3 Å². The summed E-state index contributed by atoms with van der Waals surface area (Å²) >= 11 is 1.51. The summed E-state index contributed by atoms with van der Waals surface area (Å²) in [7, 11) is 0. The highest BCUT2D eigenvalue weighted by atomic mass is 32.2. The fourth-order valence-electron chi connectivity index (χ4n) is 2.39. The van der Waals surface area contributed by atoms with Crippen molar-refractivity contribution in [2.45, 2.75) is 37.9 Å². The molecule has 1 rings (SSSR count). The summed E-state index contributed by atoms with van der Waals surface area (Å²) in [6.45, 7) is 0.926. The summed E-state index contributed by atoms with van der Waals surface area (Å²) in [5, 5.41) is 16.1. The van der Waals surface area contributed by atoms with Crippen LogP contribution < -0.4 is 21.7 Å². The number of thioether (sulfide) groups is 1. The van der Waals surface area contributed by atoms with E-state index in [1.165, 1.54) is 18.7 Å². The predicted octanol–water partition coefficient (Wildman–Crippen LogP) is -0.500. The fraction of sp³-hybridized carbons (Fsp3) is 0.474. The van der Waals surface area contributed by atoms with Crippen molar-refractivity contribution < 1.29 is 24.3 Å². The number of hydrogen-bond acceptors (Lipinski definition) is 6. The maximum atomic E-state index is 12.4. The van der Waals surface area contributed by atoms with Crippen molar-refractivity contribution in [3.63, 3.8) is 0 Å². The molecule has 0 saturated heterocycles. The second-order valence-electron chi connectivity index (χ2n) is 6.48. The Kier molecular flexibility index (Phi) is 10.8. The van der Waals surface area contributed by atoms with Crippen molar-refractivity contribution in [2.75, 3.05) is 18.6 Å². The number of carbonyl (C=O) groups excluding carboxylic acids is 3. The summed E-state index contributed by atoms with van der Waals surface area (Å²) in [5.74, 6) is -2.18. The van der Waals surface area contributed by atoms with Gasteiger partial charge in [0.05, 0.1) is 12.6 Å². The summed E-state index contributed by atoms with van der Waals surface area (Å²) in [5.41, 5.74) is 6.87. The van der Waals surface area contributed by atoms with Crippen molar-refractivity contribution in [1.29, 1.82) is 0 Å². The van der Waals surface area contributed by atoms with Crippen molar-refractivity contribution in [2.24, 2.45) is 5.73 Å². The molecule has 1 aromatic rings. The molecule has 0 fully saturated rings. The number of amides is 3. The Balaban J connectivity index is 2.60. The molecule has 3 atom stereocenters. The van der Waals surface area contributed by atoms with Crippen LogP contribution in [0, 0.1) is 0 Å². The zero-order valence-corrected chi connectivity index (χ0v) is 17.3. The molecule has 9 nitrogen and oxygen atoms in total. The first-order valence-electron chi connectivity index (χ1n) is 9.13. The van der Waals surface area contributed by atoms with Crippen LogP contribution >= 0.6 is 11.8 Å². The van der Waals surface area contributed by atoms with Crippen LogP contribution in [0.1, 0.15) is 18.9 Å². The van der Waals surface area contributed by atoms with E-state index < -0.39 is 48.4 Å². The Bertz CT molecular complexity index is 701. The Morgan fingerprint density at radius 1 is 1.10 bits per heavy atom. The van der Waals surface area contributed by atoms with Crippen molar-refractivity contribution in [3.05, 3.63) is 35.9 Å². The molecule has 0 aliphatic carbocycles. The molecule has 1 aromatic carbocycles. The van der Waals surface area contributed by atoms with Crippen LogP contribution in [0.5, 0.6) is 0 Å². The molecule has 3 unspecified atom stereocenters. The highest BCUT2D eigenvalue weighted by Crippen LogP contribution is 2.04. The van der Waals surface area contributed by atoms with Crippen LogP contribution in [0.15, 0.2) is 30.3 Å². The summed E-state index contributed by atoms with van der Waals surface area (Å²) in [6, 6.07) is 6.57. The van der Waals surface area contributed by atoms with E-state index in [2.05, 4.69) is 16.0 Å². The van der Waals surface area contributed by atoms with Crippen LogP contribution in [-0.4, -0.2) is 65.5 Å². The van der Waals surface area contributed by atoms with Gasteiger partial charge in [-0.15, -0.1) is 0 Å². The van der Waals surface area contributed by atoms with E-state index >= 15 is 0 Å². The SMILES string of the molecule is CSCCC(NC(=O)C(N)Cc1ccccc1)C(=O)NCC(=O)NC(C)C(=O)O. The molecule has 0 bridgehead atoms. The van der Waals surface area contributed by atoms with Gasteiger partial charge in [0.1, 0.15) is 12.1 Å². The molecule has 0 spiro atoms. The molecule has 160 valence electrons. The lowest BCUT2D eigenvalue weighted by Crippen LogP contribution is -2.53. The Hall–Kier alpha value is -2.59. The van der Waals surface area contributed by atoms with E-state index in [0.29, 0.717) is 18.6 Å². The molecule has 0 aliphatic rings. The van der Waals surface area contributed by atoms with Gasteiger partial charge in [0.25, 0.3) is 0 Å². The van der Waals surface area contributed by atoms with Gasteiger partial charge in [-0.2, -0.15) is 11.8 Å². The molecular weight excluding hydrogens is 396 g/mol. The van der Waals surface area contributed by atoms with Gasteiger partial charge in [-0.3, -0.25) is 19.2 Å². The summed E-state index contributed by atoms with van der Waals surface area (Å²) in [4.78, 5) is 47.3. The lowest BCUT2D eigenvalue weighted by molar-refractivity contribution is -0.141. The number of nitrogens with two attached hydrogens (primary N) is 1. The van der Waals surface area contributed by atoms with Crippen molar-refractivity contribution in [3.8, 4) is 0 Å². The number of aliphatic carboxylic acids is 1. The highest BCUT2D eigenvalue weighted by Gasteiger charge is 2.24. The lowest BCUT2D eigenvalue weighted by atomic mass is 10.1. The average molecular weight is 425 g/mol. The largest absolute Gasteiger partial charge is 0.480 e. The number of carboxylic acid groups (broad SMARTS) is 1. The second-order valence-corrected chi connectivity index (χ2v) is 7.47. The van der Waals surface area contributed by atoms with Crippen LogP contribution in [-0.2, 0) is 25.6 Å². The number of benzene rings is 1. The van der Waals surface area contributed by atoms with Crippen molar-refractivity contribution >= 4 is 35.5 Å². The van der Waals surface area contributed by atoms with E-state index in [-0.39, 0.29) is 0 Å². The Morgan fingerprint density at radius 3 is 2.34 bits per heavy atom. The Labute approximate surface area is 174 Å². The number of hydrogen-bond donors (Lipinski definition) is 5. The zero-order chi connectivity index (χ0) is 21.8. The zero-order valence-electron chi connectivity index (χ0n) is 16.5. The van der Waals surface area contributed by atoms with Crippen molar-refractivity contribution in [1.82, 2.24) is 16.0 Å². The quantitative estimate of drug-likeness (QED) is 0.303. The van der Waals surface area contributed by atoms with Gasteiger partial charge in [-0.25, -0.2) is 0 Å². The number of nitrogens with one attached hydrogen (secondary N) is 3. The lowest BCUT2D eigenvalue weighted by Gasteiger charge is -2.20. The van der Waals surface area contributed by atoms with Gasteiger partial charge in [0.15, 0.2) is 0 Å². The van der Waals surface area contributed by atoms with Gasteiger partial charge >= 0.3 is 5.97 Å². The van der Waals surface area contributed by atoms with Gasteiger partial charge in [0.2, 0.25) is 17.7 Å². The molecule has 10 heteroatoms. The van der Waals surface area contributed by atoms with E-state index in [4.69, 9.17) is 10.8 Å². The molecule has 29 heavy (non-hydrogen) atoms. The van der Waals surface area contributed by atoms with Gasteiger partial charge in [0, 0.05) is 0 Å². The number of carbonyl (C=O) groups is 4. The maximum absolute atomic E-state index is 12.4. The molecular formula is C19H28N4O5S. The molecule has 3 amide bonds. The molecule has 0 aliphatic heterocycles. The Morgan fingerprint density at radius 2 is 1.76 bits per heavy atom. The first-order chi connectivity index (χ1) is 13.7. The molecule has 0 heterocycles. The molecule has 0 saturated carbocycles. The maximum Gasteiger partial charge on any atom is 0.325 e. The standard InChI is InChI=1S/C19H28N4O5S/c1-12(19(27)28)22-16(24)11-21-18(26)15(8-9-29-2)23-17(25)14(20)10-13-6-4-3-5-7-13/h3-7,12,14-15H,8-11,20H2,1-2H3,(H,21,26)(H,22,24)(H,23,25)(H,27,28). The summed E-state index contributed by atoms with van der Waals surface area (Å²) < 4.78 is 0. The minimum Gasteiger partial charge on any atom is -0.480 e. The predicted molar refractivity (Wildman–Crippen MR) is 111 cm³/mol. The van der Waals surface area contributed by atoms with Crippen LogP contribution in [0.25, 0.3) is 0 Å². The summed E-state index contributed by atoms with van der Waals surface area (Å²) in [6.07, 6.45) is 2.57. The minimum absolute atomic E-state index is 0.332. The van der Waals surface area contributed by atoms with E-state index in [1.54, 1.807) is 0 Å². The normalized spacial score (nSPS) is 13.6. The third kappa shape index (κ3) is 9.44. The number of carboxylic acids is 1. The number of rotatable bonds is 12. The van der Waals surface area contributed by atoms with Crippen LogP contribution in [0.3, 0.4) is 0 Å². The first kappa shape index (κ1) is 24.4. The molecule has 0 radical (unpaired) electrons. The monoisotopic (exact) mass is 424 g/mol. The van der Waals surface area contributed by atoms with Crippen LogP contribution in [0.2, 0.25) is 0 Å².